The van der Waals surface area contributed by atoms with E-state index in [1.165, 1.54) is 37.1 Å². The number of hydrogen-bond donors (Lipinski definition) is 1. The normalized spacial score (nSPS) is 19.3. The lowest BCUT2D eigenvalue weighted by Gasteiger charge is -2.30. The minimum atomic E-state index is 0.738. The third kappa shape index (κ3) is 2.32. The molecule has 0 aliphatic carbocycles. The zero-order chi connectivity index (χ0) is 10.8. The van der Waals surface area contributed by atoms with E-state index in [4.69, 9.17) is 5.73 Å². The number of nitrogen functional groups attached to an aromatic ring is 1. The van der Waals surface area contributed by atoms with Gasteiger partial charge in [0.2, 0.25) is 0 Å². The highest BCUT2D eigenvalue weighted by molar-refractivity contribution is 5.45. The summed E-state index contributed by atoms with van der Waals surface area (Å²) < 4.78 is 0. The van der Waals surface area contributed by atoms with Crippen molar-refractivity contribution in [3.05, 3.63) is 29.3 Å². The fourth-order valence-corrected chi connectivity index (χ4v) is 2.48. The highest BCUT2D eigenvalue weighted by Crippen LogP contribution is 2.30. The SMILES string of the molecule is Cc1cc(N)ccc1C1CCN(C)CC1. The smallest absolute Gasteiger partial charge is 0.0316 e. The Bertz CT molecular complexity index is 338. The second kappa shape index (κ2) is 4.23. The van der Waals surface area contributed by atoms with Gasteiger partial charge in [0.05, 0.1) is 0 Å². The number of likely N-dealkylation sites (tertiary alicyclic amines) is 1. The van der Waals surface area contributed by atoms with E-state index in [-0.39, 0.29) is 0 Å². The summed E-state index contributed by atoms with van der Waals surface area (Å²) in [6.45, 7) is 4.60. The average Bonchev–Trinajstić information content (AvgIpc) is 2.20. The van der Waals surface area contributed by atoms with Crippen molar-refractivity contribution < 1.29 is 0 Å². The Labute approximate surface area is 92.1 Å². The number of benzene rings is 1. The van der Waals surface area contributed by atoms with Crippen LogP contribution in [0.25, 0.3) is 0 Å². The monoisotopic (exact) mass is 204 g/mol. The van der Waals surface area contributed by atoms with Crippen molar-refractivity contribution in [1.29, 1.82) is 0 Å². The summed E-state index contributed by atoms with van der Waals surface area (Å²) in [6.07, 6.45) is 2.56. The Morgan fingerprint density at radius 2 is 1.93 bits per heavy atom. The van der Waals surface area contributed by atoms with Gasteiger partial charge in [0.25, 0.3) is 0 Å². The molecule has 0 aromatic heterocycles. The fourth-order valence-electron chi connectivity index (χ4n) is 2.48. The van der Waals surface area contributed by atoms with Gasteiger partial charge in [0, 0.05) is 5.69 Å². The molecule has 0 radical (unpaired) electrons. The summed E-state index contributed by atoms with van der Waals surface area (Å²) in [4.78, 5) is 2.41. The minimum absolute atomic E-state index is 0.738. The summed E-state index contributed by atoms with van der Waals surface area (Å²) in [5.74, 6) is 0.738. The van der Waals surface area contributed by atoms with E-state index in [9.17, 15) is 0 Å². The van der Waals surface area contributed by atoms with Crippen LogP contribution in [0.1, 0.15) is 29.9 Å². The van der Waals surface area contributed by atoms with Crippen LogP contribution in [0.4, 0.5) is 5.69 Å². The maximum absolute atomic E-state index is 5.77. The van der Waals surface area contributed by atoms with Crippen LogP contribution in [0.2, 0.25) is 0 Å². The summed E-state index contributed by atoms with van der Waals surface area (Å²) in [7, 11) is 2.20. The first-order valence-electron chi connectivity index (χ1n) is 5.71. The third-order valence-electron chi connectivity index (χ3n) is 3.45. The number of aryl methyl sites for hydroxylation is 1. The van der Waals surface area contributed by atoms with Gasteiger partial charge in [0.15, 0.2) is 0 Å². The number of piperidine rings is 1. The molecule has 1 aliphatic rings. The topological polar surface area (TPSA) is 29.3 Å². The van der Waals surface area contributed by atoms with Crippen LogP contribution in [-0.2, 0) is 0 Å². The molecule has 1 saturated heterocycles. The number of anilines is 1. The molecule has 0 unspecified atom stereocenters. The zero-order valence-corrected chi connectivity index (χ0v) is 9.66. The van der Waals surface area contributed by atoms with Crippen molar-refractivity contribution in [2.75, 3.05) is 25.9 Å². The van der Waals surface area contributed by atoms with Gasteiger partial charge in [-0.05, 0) is 69.1 Å². The molecule has 0 bridgehead atoms. The molecule has 1 aliphatic heterocycles. The number of nitrogens with zero attached hydrogens (tertiary/aromatic N) is 1. The largest absolute Gasteiger partial charge is 0.399 e. The molecule has 2 heteroatoms. The Morgan fingerprint density at radius 1 is 1.27 bits per heavy atom. The van der Waals surface area contributed by atoms with E-state index in [1.807, 2.05) is 6.07 Å². The maximum atomic E-state index is 5.77. The number of rotatable bonds is 1. The van der Waals surface area contributed by atoms with Crippen molar-refractivity contribution in [1.82, 2.24) is 4.90 Å². The van der Waals surface area contributed by atoms with Crippen LogP contribution < -0.4 is 5.73 Å². The molecule has 1 fully saturated rings. The average molecular weight is 204 g/mol. The van der Waals surface area contributed by atoms with Gasteiger partial charge in [-0.1, -0.05) is 6.07 Å². The summed E-state index contributed by atoms with van der Waals surface area (Å²) in [5, 5.41) is 0. The molecule has 2 N–H and O–H groups in total. The van der Waals surface area contributed by atoms with E-state index < -0.39 is 0 Å². The summed E-state index contributed by atoms with van der Waals surface area (Å²) >= 11 is 0. The molecule has 82 valence electrons. The summed E-state index contributed by atoms with van der Waals surface area (Å²) in [6, 6.07) is 6.33. The first-order chi connectivity index (χ1) is 7.16. The first kappa shape index (κ1) is 10.5. The summed E-state index contributed by atoms with van der Waals surface area (Å²) in [5.41, 5.74) is 9.50. The number of hydrogen-bond acceptors (Lipinski definition) is 2. The predicted molar refractivity (Wildman–Crippen MR) is 65.1 cm³/mol. The lowest BCUT2D eigenvalue weighted by molar-refractivity contribution is 0.255. The Kier molecular flexibility index (Phi) is 2.96. The van der Waals surface area contributed by atoms with Crippen molar-refractivity contribution in [2.24, 2.45) is 0 Å². The molecule has 1 aromatic carbocycles. The van der Waals surface area contributed by atoms with E-state index >= 15 is 0 Å². The van der Waals surface area contributed by atoms with Crippen LogP contribution in [0.5, 0.6) is 0 Å². The lowest BCUT2D eigenvalue weighted by Crippen LogP contribution is -2.29. The van der Waals surface area contributed by atoms with E-state index in [0.29, 0.717) is 0 Å². The van der Waals surface area contributed by atoms with Crippen LogP contribution in [-0.4, -0.2) is 25.0 Å². The second-order valence-electron chi connectivity index (χ2n) is 4.69. The molecular formula is C13H20N2. The van der Waals surface area contributed by atoms with E-state index in [1.54, 1.807) is 0 Å². The third-order valence-corrected chi connectivity index (χ3v) is 3.45. The predicted octanol–water partition coefficient (Wildman–Crippen LogP) is 2.39. The standard InChI is InChI=1S/C13H20N2/c1-10-9-12(14)3-4-13(10)11-5-7-15(2)8-6-11/h3-4,9,11H,5-8,14H2,1-2H3. The van der Waals surface area contributed by atoms with Gasteiger partial charge in [-0.2, -0.15) is 0 Å². The molecule has 2 nitrogen and oxygen atoms in total. The Hall–Kier alpha value is -1.02. The maximum Gasteiger partial charge on any atom is 0.0316 e. The Balaban J connectivity index is 2.15. The van der Waals surface area contributed by atoms with Gasteiger partial charge < -0.3 is 10.6 Å². The molecule has 0 atom stereocenters. The highest BCUT2D eigenvalue weighted by Gasteiger charge is 2.19. The lowest BCUT2D eigenvalue weighted by atomic mass is 9.87. The van der Waals surface area contributed by atoms with Crippen molar-refractivity contribution >= 4 is 5.69 Å². The van der Waals surface area contributed by atoms with Crippen LogP contribution in [0.3, 0.4) is 0 Å². The number of nitrogens with two attached hydrogens (primary N) is 1. The van der Waals surface area contributed by atoms with Crippen LogP contribution in [0.15, 0.2) is 18.2 Å². The van der Waals surface area contributed by atoms with Gasteiger partial charge in [-0.25, -0.2) is 0 Å². The molecule has 2 rings (SSSR count). The van der Waals surface area contributed by atoms with Crippen molar-refractivity contribution in [3.63, 3.8) is 0 Å². The quantitative estimate of drug-likeness (QED) is 0.712. The van der Waals surface area contributed by atoms with E-state index in [2.05, 4.69) is 31.0 Å². The van der Waals surface area contributed by atoms with Gasteiger partial charge in [-0.3, -0.25) is 0 Å². The van der Waals surface area contributed by atoms with Gasteiger partial charge in [-0.15, -0.1) is 0 Å². The molecular weight excluding hydrogens is 184 g/mol. The zero-order valence-electron chi connectivity index (χ0n) is 9.66. The van der Waals surface area contributed by atoms with Crippen molar-refractivity contribution in [2.45, 2.75) is 25.7 Å². The second-order valence-corrected chi connectivity index (χ2v) is 4.69. The molecule has 0 spiro atoms. The minimum Gasteiger partial charge on any atom is -0.399 e. The van der Waals surface area contributed by atoms with E-state index in [0.717, 1.165) is 11.6 Å². The molecule has 1 aromatic rings. The van der Waals surface area contributed by atoms with Crippen LogP contribution >= 0.6 is 0 Å². The highest BCUT2D eigenvalue weighted by atomic mass is 15.1. The van der Waals surface area contributed by atoms with Gasteiger partial charge >= 0.3 is 0 Å². The first-order valence-corrected chi connectivity index (χ1v) is 5.71. The van der Waals surface area contributed by atoms with Gasteiger partial charge in [0.1, 0.15) is 0 Å². The molecule has 0 saturated carbocycles. The Morgan fingerprint density at radius 3 is 2.53 bits per heavy atom. The van der Waals surface area contributed by atoms with Crippen LogP contribution in [0, 0.1) is 6.92 Å². The fraction of sp³-hybridized carbons (Fsp3) is 0.538. The van der Waals surface area contributed by atoms with Crippen molar-refractivity contribution in [3.8, 4) is 0 Å². The molecule has 1 heterocycles. The molecule has 15 heavy (non-hydrogen) atoms. The molecule has 0 amide bonds.